The number of hydrogen-bond donors (Lipinski definition) is 0. The van der Waals surface area contributed by atoms with Crippen LogP contribution in [0.4, 0.5) is 0 Å². The van der Waals surface area contributed by atoms with Crippen molar-refractivity contribution < 1.29 is 18.9 Å². The summed E-state index contributed by atoms with van der Waals surface area (Å²) in [7, 11) is 0. The predicted octanol–water partition coefficient (Wildman–Crippen LogP) is 3.20. The highest BCUT2D eigenvalue weighted by Gasteiger charge is 2.05. The van der Waals surface area contributed by atoms with Crippen LogP contribution < -0.4 is 9.47 Å². The van der Waals surface area contributed by atoms with E-state index in [9.17, 15) is 0 Å². The van der Waals surface area contributed by atoms with Gasteiger partial charge in [0, 0.05) is 11.1 Å². The van der Waals surface area contributed by atoms with Gasteiger partial charge in [0.25, 0.3) is 0 Å². The van der Waals surface area contributed by atoms with Crippen LogP contribution in [-0.4, -0.2) is 26.4 Å². The summed E-state index contributed by atoms with van der Waals surface area (Å²) in [6, 6.07) is 15.6. The summed E-state index contributed by atoms with van der Waals surface area (Å²) in [5.74, 6) is 12.9. The molecule has 2 aromatic carbocycles. The second kappa shape index (κ2) is 10.2. The fraction of sp³-hybridized carbons (Fsp3) is 0.273. The van der Waals surface area contributed by atoms with Crippen molar-refractivity contribution in [2.75, 3.05) is 26.4 Å². The zero-order chi connectivity index (χ0) is 17.9. The Morgan fingerprint density at radius 1 is 0.615 bits per heavy atom. The lowest BCUT2D eigenvalue weighted by atomic mass is 10.2. The first-order valence-corrected chi connectivity index (χ1v) is 8.46. The molecule has 0 aliphatic carbocycles. The van der Waals surface area contributed by atoms with Crippen molar-refractivity contribution in [3.05, 3.63) is 59.7 Å². The van der Waals surface area contributed by atoms with Gasteiger partial charge < -0.3 is 18.9 Å². The number of benzene rings is 2. The first kappa shape index (κ1) is 17.9. The van der Waals surface area contributed by atoms with Gasteiger partial charge in [-0.25, -0.2) is 0 Å². The third-order valence-electron chi connectivity index (χ3n) is 3.65. The summed E-state index contributed by atoms with van der Waals surface area (Å²) in [5.41, 5.74) is 1.96. The van der Waals surface area contributed by atoms with E-state index in [1.54, 1.807) is 0 Å². The third-order valence-corrected chi connectivity index (χ3v) is 3.65. The van der Waals surface area contributed by atoms with Crippen molar-refractivity contribution in [3.8, 4) is 35.2 Å². The van der Waals surface area contributed by atoms with Crippen LogP contribution in [0, 0.1) is 23.7 Å². The second-order valence-electron chi connectivity index (χ2n) is 5.50. The van der Waals surface area contributed by atoms with Crippen molar-refractivity contribution in [3.63, 3.8) is 0 Å². The lowest BCUT2D eigenvalue weighted by Gasteiger charge is -2.14. The first-order chi connectivity index (χ1) is 12.9. The molecule has 0 unspecified atom stereocenters. The Morgan fingerprint density at radius 2 is 1.08 bits per heavy atom. The molecular formula is C22H20O4. The Hall–Kier alpha value is -2.92. The molecule has 0 aromatic heterocycles. The van der Waals surface area contributed by atoms with Crippen LogP contribution in [0.5, 0.6) is 11.5 Å². The van der Waals surface area contributed by atoms with Crippen LogP contribution in [0.1, 0.15) is 11.1 Å². The molecule has 2 aromatic rings. The van der Waals surface area contributed by atoms with E-state index < -0.39 is 0 Å². The number of para-hydroxylation sites is 2. The fourth-order valence-electron chi connectivity index (χ4n) is 2.42. The highest BCUT2D eigenvalue weighted by atomic mass is 16.5. The quantitative estimate of drug-likeness (QED) is 0.685. The van der Waals surface area contributed by atoms with E-state index in [1.807, 2.05) is 48.5 Å². The molecular weight excluding hydrogens is 328 g/mol. The van der Waals surface area contributed by atoms with Crippen molar-refractivity contribution in [2.24, 2.45) is 0 Å². The van der Waals surface area contributed by atoms with Gasteiger partial charge in [-0.1, -0.05) is 48.2 Å². The number of fused-ring (bicyclic) bond motifs is 2. The van der Waals surface area contributed by atoms with Crippen molar-refractivity contribution >= 4 is 0 Å². The monoisotopic (exact) mass is 348 g/mol. The lowest BCUT2D eigenvalue weighted by molar-refractivity contribution is 0.144. The van der Waals surface area contributed by atoms with Crippen molar-refractivity contribution in [1.29, 1.82) is 0 Å². The van der Waals surface area contributed by atoms with Gasteiger partial charge in [-0.15, -0.1) is 0 Å². The van der Waals surface area contributed by atoms with E-state index in [2.05, 4.69) is 23.7 Å². The SMILES string of the molecule is C1#CCOCc2ccccc2OCCOc2ccccc2COCC#C1. The summed E-state index contributed by atoms with van der Waals surface area (Å²) in [6.45, 7) is 2.39. The summed E-state index contributed by atoms with van der Waals surface area (Å²) in [6.07, 6.45) is 0. The number of hydrogen-bond acceptors (Lipinski definition) is 4. The summed E-state index contributed by atoms with van der Waals surface area (Å²) in [4.78, 5) is 0. The molecule has 4 nitrogen and oxygen atoms in total. The minimum Gasteiger partial charge on any atom is -0.490 e. The first-order valence-electron chi connectivity index (χ1n) is 8.46. The van der Waals surface area contributed by atoms with Gasteiger partial charge in [0.1, 0.15) is 37.9 Å². The van der Waals surface area contributed by atoms with Gasteiger partial charge in [-0.3, -0.25) is 0 Å². The molecule has 0 saturated carbocycles. The Morgan fingerprint density at radius 3 is 1.58 bits per heavy atom. The molecule has 0 N–H and O–H groups in total. The van der Waals surface area contributed by atoms with Crippen molar-refractivity contribution in [2.45, 2.75) is 13.2 Å². The molecule has 1 heterocycles. The summed E-state index contributed by atoms with van der Waals surface area (Å²) >= 11 is 0. The standard InChI is InChI=1S/C22H20O4/c1-2-8-14-24-18-20-10-4-6-12-22(20)26-16-15-25-21-11-5-3-9-19(21)17-23-13-7-1/h3-6,9-12H,13-18H2. The highest BCUT2D eigenvalue weighted by Crippen LogP contribution is 2.20. The largest absolute Gasteiger partial charge is 0.490 e. The maximum atomic E-state index is 5.85. The molecule has 0 amide bonds. The number of ether oxygens (including phenoxy) is 4. The van der Waals surface area contributed by atoms with E-state index in [4.69, 9.17) is 18.9 Å². The summed E-state index contributed by atoms with van der Waals surface area (Å²) in [5, 5.41) is 0. The molecule has 0 spiro atoms. The molecule has 0 fully saturated rings. The van der Waals surface area contributed by atoms with Crippen LogP contribution in [-0.2, 0) is 22.7 Å². The van der Waals surface area contributed by atoms with Gasteiger partial charge in [-0.2, -0.15) is 0 Å². The predicted molar refractivity (Wildman–Crippen MR) is 98.7 cm³/mol. The second-order valence-corrected chi connectivity index (χ2v) is 5.50. The van der Waals surface area contributed by atoms with Crippen LogP contribution >= 0.6 is 0 Å². The van der Waals surface area contributed by atoms with E-state index in [0.717, 1.165) is 22.6 Å². The molecule has 1 aliphatic rings. The van der Waals surface area contributed by atoms with Crippen LogP contribution in [0.15, 0.2) is 48.5 Å². The molecule has 4 heteroatoms. The third kappa shape index (κ3) is 5.57. The normalized spacial score (nSPS) is 15.1. The van der Waals surface area contributed by atoms with Crippen molar-refractivity contribution in [1.82, 2.24) is 0 Å². The molecule has 26 heavy (non-hydrogen) atoms. The Labute approximate surface area is 154 Å². The zero-order valence-electron chi connectivity index (χ0n) is 14.5. The highest BCUT2D eigenvalue weighted by molar-refractivity contribution is 5.34. The van der Waals surface area contributed by atoms with E-state index >= 15 is 0 Å². The Balaban J connectivity index is 1.71. The molecule has 3 rings (SSSR count). The molecule has 0 saturated heterocycles. The zero-order valence-corrected chi connectivity index (χ0v) is 14.5. The molecule has 132 valence electrons. The molecule has 0 atom stereocenters. The average molecular weight is 348 g/mol. The van der Waals surface area contributed by atoms with Gasteiger partial charge in [0.05, 0.1) is 13.2 Å². The van der Waals surface area contributed by atoms with E-state index in [1.165, 1.54) is 0 Å². The maximum Gasteiger partial charge on any atom is 0.125 e. The maximum absolute atomic E-state index is 5.85. The minimum atomic E-state index is 0.320. The van der Waals surface area contributed by atoms with Crippen LogP contribution in [0.2, 0.25) is 0 Å². The Bertz CT molecular complexity index is 765. The van der Waals surface area contributed by atoms with Crippen LogP contribution in [0.3, 0.4) is 0 Å². The van der Waals surface area contributed by atoms with Gasteiger partial charge >= 0.3 is 0 Å². The number of rotatable bonds is 0. The summed E-state index contributed by atoms with van der Waals surface area (Å²) < 4.78 is 22.8. The minimum absolute atomic E-state index is 0.320. The van der Waals surface area contributed by atoms with Gasteiger partial charge in [0.15, 0.2) is 0 Å². The van der Waals surface area contributed by atoms with E-state index in [0.29, 0.717) is 39.6 Å². The Kier molecular flexibility index (Phi) is 6.99. The topological polar surface area (TPSA) is 36.9 Å². The van der Waals surface area contributed by atoms with Gasteiger partial charge in [0.2, 0.25) is 0 Å². The lowest BCUT2D eigenvalue weighted by Crippen LogP contribution is -2.11. The molecule has 0 radical (unpaired) electrons. The average Bonchev–Trinajstić information content (AvgIpc) is 2.68. The smallest absolute Gasteiger partial charge is 0.125 e. The van der Waals surface area contributed by atoms with E-state index in [-0.39, 0.29) is 0 Å². The molecule has 1 aliphatic heterocycles. The van der Waals surface area contributed by atoms with Gasteiger partial charge in [-0.05, 0) is 24.0 Å². The van der Waals surface area contributed by atoms with Crippen LogP contribution in [0.25, 0.3) is 0 Å². The molecule has 0 bridgehead atoms. The fourth-order valence-corrected chi connectivity index (χ4v) is 2.42.